The predicted molar refractivity (Wildman–Crippen MR) is 63.4 cm³/mol. The SMILES string of the molecule is CCOC1(C(=O)O)CC(C)(C)CC(C)(C)C1. The molecule has 0 amide bonds. The van der Waals surface area contributed by atoms with Crippen LogP contribution in [0.5, 0.6) is 0 Å². The van der Waals surface area contributed by atoms with E-state index in [0.29, 0.717) is 19.4 Å². The molecule has 1 rings (SSSR count). The van der Waals surface area contributed by atoms with E-state index in [9.17, 15) is 9.90 Å². The molecule has 0 saturated heterocycles. The quantitative estimate of drug-likeness (QED) is 0.807. The van der Waals surface area contributed by atoms with Crippen LogP contribution < -0.4 is 0 Å². The van der Waals surface area contributed by atoms with Crippen molar-refractivity contribution in [2.75, 3.05) is 6.61 Å². The van der Waals surface area contributed by atoms with Gasteiger partial charge in [-0.15, -0.1) is 0 Å². The van der Waals surface area contributed by atoms with Gasteiger partial charge >= 0.3 is 5.97 Å². The number of hydrogen-bond acceptors (Lipinski definition) is 2. The molecular formula is C13H24O3. The Morgan fingerprint density at radius 1 is 1.12 bits per heavy atom. The van der Waals surface area contributed by atoms with Crippen LogP contribution in [0.2, 0.25) is 0 Å². The van der Waals surface area contributed by atoms with Crippen molar-refractivity contribution in [3.63, 3.8) is 0 Å². The van der Waals surface area contributed by atoms with Gasteiger partial charge in [-0.25, -0.2) is 4.79 Å². The lowest BCUT2D eigenvalue weighted by atomic mass is 9.59. The Morgan fingerprint density at radius 3 is 1.88 bits per heavy atom. The largest absolute Gasteiger partial charge is 0.479 e. The Hall–Kier alpha value is -0.570. The second kappa shape index (κ2) is 4.02. The third-order valence-electron chi connectivity index (χ3n) is 3.30. The average molecular weight is 228 g/mol. The van der Waals surface area contributed by atoms with E-state index in [-0.39, 0.29) is 10.8 Å². The van der Waals surface area contributed by atoms with E-state index in [2.05, 4.69) is 27.7 Å². The number of rotatable bonds is 3. The molecule has 0 aromatic heterocycles. The van der Waals surface area contributed by atoms with E-state index < -0.39 is 11.6 Å². The summed E-state index contributed by atoms with van der Waals surface area (Å²) in [5.74, 6) is -0.810. The van der Waals surface area contributed by atoms with Gasteiger partial charge in [0.15, 0.2) is 5.60 Å². The van der Waals surface area contributed by atoms with Crippen molar-refractivity contribution in [1.29, 1.82) is 0 Å². The van der Waals surface area contributed by atoms with Crippen LogP contribution in [0.4, 0.5) is 0 Å². The van der Waals surface area contributed by atoms with Crippen LogP contribution in [-0.2, 0) is 9.53 Å². The van der Waals surface area contributed by atoms with Crippen LogP contribution in [0.3, 0.4) is 0 Å². The number of aliphatic carboxylic acids is 1. The van der Waals surface area contributed by atoms with Crippen molar-refractivity contribution >= 4 is 5.97 Å². The van der Waals surface area contributed by atoms with Gasteiger partial charge in [0, 0.05) is 6.61 Å². The molecule has 1 N–H and O–H groups in total. The first-order chi connectivity index (χ1) is 7.13. The number of hydrogen-bond donors (Lipinski definition) is 1. The summed E-state index contributed by atoms with van der Waals surface area (Å²) >= 11 is 0. The monoisotopic (exact) mass is 228 g/mol. The van der Waals surface area contributed by atoms with Gasteiger partial charge < -0.3 is 9.84 Å². The van der Waals surface area contributed by atoms with Gasteiger partial charge in [0.05, 0.1) is 0 Å². The van der Waals surface area contributed by atoms with E-state index in [1.54, 1.807) is 0 Å². The standard InChI is InChI=1S/C13H24O3/c1-6-16-13(10(14)15)8-11(2,3)7-12(4,5)9-13/h6-9H2,1-5H3,(H,14,15). The second-order valence-corrected chi connectivity index (χ2v) is 6.59. The lowest BCUT2D eigenvalue weighted by Crippen LogP contribution is -2.52. The molecule has 1 aliphatic carbocycles. The van der Waals surface area contributed by atoms with Gasteiger partial charge in [0.1, 0.15) is 0 Å². The van der Waals surface area contributed by atoms with Crippen LogP contribution >= 0.6 is 0 Å². The molecule has 16 heavy (non-hydrogen) atoms. The highest BCUT2D eigenvalue weighted by atomic mass is 16.5. The summed E-state index contributed by atoms with van der Waals surface area (Å²) in [5, 5.41) is 9.46. The number of ether oxygens (including phenoxy) is 1. The molecule has 3 heteroatoms. The normalized spacial score (nSPS) is 26.3. The highest BCUT2D eigenvalue weighted by molar-refractivity contribution is 5.78. The molecule has 1 fully saturated rings. The lowest BCUT2D eigenvalue weighted by Gasteiger charge is -2.49. The Kier molecular flexibility index (Phi) is 3.39. The average Bonchev–Trinajstić information content (AvgIpc) is 1.97. The molecule has 1 aliphatic rings. The van der Waals surface area contributed by atoms with Gasteiger partial charge in [-0.2, -0.15) is 0 Å². The molecule has 94 valence electrons. The van der Waals surface area contributed by atoms with Crippen molar-refractivity contribution < 1.29 is 14.6 Å². The van der Waals surface area contributed by atoms with Crippen molar-refractivity contribution in [2.24, 2.45) is 10.8 Å². The molecule has 0 spiro atoms. The van der Waals surface area contributed by atoms with E-state index in [0.717, 1.165) is 6.42 Å². The molecular weight excluding hydrogens is 204 g/mol. The second-order valence-electron chi connectivity index (χ2n) is 6.59. The maximum atomic E-state index is 11.5. The van der Waals surface area contributed by atoms with Crippen LogP contribution in [-0.4, -0.2) is 23.3 Å². The Balaban J connectivity index is 3.05. The number of carboxylic acid groups (broad SMARTS) is 1. The summed E-state index contributed by atoms with van der Waals surface area (Å²) in [6.07, 6.45) is 2.25. The number of carboxylic acids is 1. The lowest BCUT2D eigenvalue weighted by molar-refractivity contribution is -0.184. The summed E-state index contributed by atoms with van der Waals surface area (Å²) in [7, 11) is 0. The zero-order valence-electron chi connectivity index (χ0n) is 11.1. The zero-order chi connectivity index (χ0) is 12.6. The van der Waals surface area contributed by atoms with Crippen LogP contribution in [0.15, 0.2) is 0 Å². The van der Waals surface area contributed by atoms with Crippen molar-refractivity contribution in [3.05, 3.63) is 0 Å². The smallest absolute Gasteiger partial charge is 0.336 e. The van der Waals surface area contributed by atoms with Crippen LogP contribution in [0, 0.1) is 10.8 Å². The van der Waals surface area contributed by atoms with E-state index >= 15 is 0 Å². The van der Waals surface area contributed by atoms with Crippen LogP contribution in [0.25, 0.3) is 0 Å². The summed E-state index contributed by atoms with van der Waals surface area (Å²) in [5.41, 5.74) is -0.940. The van der Waals surface area contributed by atoms with Crippen molar-refractivity contribution in [1.82, 2.24) is 0 Å². The van der Waals surface area contributed by atoms with Crippen LogP contribution in [0.1, 0.15) is 53.9 Å². The molecule has 0 unspecified atom stereocenters. The van der Waals surface area contributed by atoms with Gasteiger partial charge in [-0.3, -0.25) is 0 Å². The summed E-state index contributed by atoms with van der Waals surface area (Å²) in [4.78, 5) is 11.5. The molecule has 0 aliphatic heterocycles. The minimum absolute atomic E-state index is 0.0231. The molecule has 0 aromatic carbocycles. The fraction of sp³-hybridized carbons (Fsp3) is 0.923. The third-order valence-corrected chi connectivity index (χ3v) is 3.30. The molecule has 0 aromatic rings. The highest BCUT2D eigenvalue weighted by Gasteiger charge is 2.52. The van der Waals surface area contributed by atoms with Gasteiger partial charge in [0.25, 0.3) is 0 Å². The Labute approximate surface area is 98.2 Å². The Bertz CT molecular complexity index is 263. The fourth-order valence-electron chi connectivity index (χ4n) is 3.62. The molecule has 0 heterocycles. The summed E-state index contributed by atoms with van der Waals surface area (Å²) in [6.45, 7) is 10.8. The summed E-state index contributed by atoms with van der Waals surface area (Å²) < 4.78 is 5.60. The van der Waals surface area contributed by atoms with E-state index in [1.165, 1.54) is 0 Å². The van der Waals surface area contributed by atoms with E-state index in [1.807, 2.05) is 6.92 Å². The first-order valence-electron chi connectivity index (χ1n) is 6.00. The molecule has 3 nitrogen and oxygen atoms in total. The Morgan fingerprint density at radius 2 is 1.56 bits per heavy atom. The fourth-order valence-corrected chi connectivity index (χ4v) is 3.62. The maximum Gasteiger partial charge on any atom is 0.336 e. The third kappa shape index (κ3) is 2.76. The highest BCUT2D eigenvalue weighted by Crippen LogP contribution is 2.51. The predicted octanol–water partition coefficient (Wildman–Crippen LogP) is 3.08. The van der Waals surface area contributed by atoms with E-state index in [4.69, 9.17) is 4.74 Å². The topological polar surface area (TPSA) is 46.5 Å². The molecule has 0 radical (unpaired) electrons. The first kappa shape index (κ1) is 13.5. The summed E-state index contributed by atoms with van der Waals surface area (Å²) in [6, 6.07) is 0. The van der Waals surface area contributed by atoms with Crippen molar-refractivity contribution in [3.8, 4) is 0 Å². The minimum atomic E-state index is -0.986. The molecule has 0 atom stereocenters. The van der Waals surface area contributed by atoms with Crippen molar-refractivity contribution in [2.45, 2.75) is 59.5 Å². The maximum absolute atomic E-state index is 11.5. The van der Waals surface area contributed by atoms with Gasteiger partial charge in [-0.05, 0) is 37.0 Å². The van der Waals surface area contributed by atoms with Gasteiger partial charge in [-0.1, -0.05) is 27.7 Å². The number of carbonyl (C=O) groups is 1. The zero-order valence-corrected chi connectivity index (χ0v) is 11.1. The minimum Gasteiger partial charge on any atom is -0.479 e. The molecule has 1 saturated carbocycles. The van der Waals surface area contributed by atoms with Gasteiger partial charge in [0.2, 0.25) is 0 Å². The molecule has 0 bridgehead atoms. The first-order valence-corrected chi connectivity index (χ1v) is 6.00.